The zero-order chi connectivity index (χ0) is 59.9. The first-order valence-corrected chi connectivity index (χ1v) is 37.8. The Kier molecular flexibility index (Phi) is 70.5. The highest BCUT2D eigenvalue weighted by Gasteiger charge is 2.20. The quantitative estimate of drug-likeness (QED) is 0.0261. The van der Waals surface area contributed by atoms with E-state index in [1.165, 1.54) is 334 Å². The fourth-order valence-electron chi connectivity index (χ4n) is 11.7. The third kappa shape index (κ3) is 70.5. The van der Waals surface area contributed by atoms with Crippen molar-refractivity contribution in [2.75, 3.05) is 13.2 Å². The summed E-state index contributed by atoms with van der Waals surface area (Å²) in [4.78, 5) is 38.6. The van der Waals surface area contributed by atoms with Crippen molar-refractivity contribution in [1.29, 1.82) is 0 Å². The molecule has 0 N–H and O–H groups in total. The Morgan fingerprint density at radius 2 is 0.398 bits per heavy atom. The Hall–Kier alpha value is -2.11. The summed E-state index contributed by atoms with van der Waals surface area (Å²) in [5.74, 6) is -0.830. The highest BCUT2D eigenvalue weighted by Crippen LogP contribution is 2.19. The zero-order valence-corrected chi connectivity index (χ0v) is 56.5. The van der Waals surface area contributed by atoms with Crippen LogP contribution in [0.3, 0.4) is 0 Å². The van der Waals surface area contributed by atoms with E-state index in [0.29, 0.717) is 19.3 Å². The molecule has 0 saturated heterocycles. The molecule has 0 heterocycles. The molecule has 0 bridgehead atoms. The topological polar surface area (TPSA) is 78.9 Å². The van der Waals surface area contributed by atoms with Gasteiger partial charge in [0.25, 0.3) is 0 Å². The maximum absolute atomic E-state index is 13.0. The van der Waals surface area contributed by atoms with Gasteiger partial charge in [0.1, 0.15) is 13.2 Å². The highest BCUT2D eigenvalue weighted by atomic mass is 16.6. The van der Waals surface area contributed by atoms with E-state index in [-0.39, 0.29) is 31.1 Å². The Labute approximate surface area is 519 Å². The molecule has 0 aliphatic heterocycles. The Morgan fingerprint density at radius 1 is 0.229 bits per heavy atom. The molecule has 83 heavy (non-hydrogen) atoms. The molecule has 0 amide bonds. The number of carbonyl (C=O) groups is 3. The van der Waals surface area contributed by atoms with E-state index < -0.39 is 6.10 Å². The summed E-state index contributed by atoms with van der Waals surface area (Å²) in [5, 5.41) is 0. The Morgan fingerprint density at radius 3 is 0.602 bits per heavy atom. The van der Waals surface area contributed by atoms with E-state index in [2.05, 4.69) is 45.1 Å². The van der Waals surface area contributed by atoms with E-state index in [0.717, 1.165) is 57.8 Å². The second kappa shape index (κ2) is 72.4. The molecule has 6 nitrogen and oxygen atoms in total. The molecule has 0 saturated carbocycles. The predicted octanol–water partition coefficient (Wildman–Crippen LogP) is 26.1. The molecule has 0 aromatic heterocycles. The van der Waals surface area contributed by atoms with Gasteiger partial charge >= 0.3 is 17.9 Å². The van der Waals surface area contributed by atoms with Crippen molar-refractivity contribution in [3.8, 4) is 0 Å². The van der Waals surface area contributed by atoms with Gasteiger partial charge < -0.3 is 14.2 Å². The van der Waals surface area contributed by atoms with Gasteiger partial charge in [-0.1, -0.05) is 366 Å². The summed E-state index contributed by atoms with van der Waals surface area (Å²) < 4.78 is 17.1. The van der Waals surface area contributed by atoms with Crippen molar-refractivity contribution in [3.63, 3.8) is 0 Å². The van der Waals surface area contributed by atoms with Crippen LogP contribution in [0.15, 0.2) is 24.3 Å². The number of carbonyl (C=O) groups excluding carboxylic acids is 3. The molecule has 0 aromatic rings. The van der Waals surface area contributed by atoms with Crippen LogP contribution < -0.4 is 0 Å². The van der Waals surface area contributed by atoms with Crippen LogP contribution in [-0.2, 0) is 28.6 Å². The minimum absolute atomic E-state index is 0.0656. The monoisotopic (exact) mass is 1170 g/mol. The van der Waals surface area contributed by atoms with E-state index in [1.807, 2.05) is 0 Å². The molecule has 0 fully saturated rings. The van der Waals surface area contributed by atoms with Gasteiger partial charge in [0.05, 0.1) is 0 Å². The standard InChI is InChI=1S/C77H146O6/c1-4-7-10-13-16-19-22-25-28-31-34-36-37-38-39-41-43-46-49-52-55-58-61-64-67-70-76(79)82-73-74(72-81-75(78)69-66-63-60-57-54-51-48-45-42-33-30-27-24-21-18-15-12-9-6-3)83-77(80)71-68-65-62-59-56-53-50-47-44-40-35-32-29-26-23-20-17-14-11-8-5-2/h27,30-31,34,74H,4-26,28-29,32-33,35-73H2,1-3H3/b30-27-,34-31-. The average molecular weight is 1170 g/mol. The van der Waals surface area contributed by atoms with Crippen LogP contribution in [0.1, 0.15) is 432 Å². The van der Waals surface area contributed by atoms with Crippen LogP contribution in [0.5, 0.6) is 0 Å². The fourth-order valence-corrected chi connectivity index (χ4v) is 11.7. The van der Waals surface area contributed by atoms with Gasteiger partial charge in [-0.15, -0.1) is 0 Å². The second-order valence-corrected chi connectivity index (χ2v) is 25.9. The molecule has 0 aliphatic carbocycles. The third-order valence-electron chi connectivity index (χ3n) is 17.4. The summed E-state index contributed by atoms with van der Waals surface area (Å²) in [5.41, 5.74) is 0. The number of unbranched alkanes of at least 4 members (excludes halogenated alkanes) is 56. The van der Waals surface area contributed by atoms with E-state index in [1.54, 1.807) is 0 Å². The van der Waals surface area contributed by atoms with Crippen LogP contribution in [-0.4, -0.2) is 37.2 Å². The highest BCUT2D eigenvalue weighted by molar-refractivity contribution is 5.71. The molecule has 0 spiro atoms. The van der Waals surface area contributed by atoms with Crippen LogP contribution in [0.4, 0.5) is 0 Å². The van der Waals surface area contributed by atoms with Crippen LogP contribution in [0.25, 0.3) is 0 Å². The van der Waals surface area contributed by atoms with Gasteiger partial charge in [0.15, 0.2) is 6.10 Å². The van der Waals surface area contributed by atoms with Gasteiger partial charge in [-0.25, -0.2) is 0 Å². The summed E-state index contributed by atoms with van der Waals surface area (Å²) in [6.45, 7) is 6.73. The lowest BCUT2D eigenvalue weighted by molar-refractivity contribution is -0.167. The largest absolute Gasteiger partial charge is 0.462 e. The number of hydrogen-bond donors (Lipinski definition) is 0. The molecule has 0 aliphatic rings. The summed E-state index contributed by atoms with van der Waals surface area (Å²) in [7, 11) is 0. The van der Waals surface area contributed by atoms with E-state index in [9.17, 15) is 14.4 Å². The number of hydrogen-bond acceptors (Lipinski definition) is 6. The summed E-state index contributed by atoms with van der Waals surface area (Å²) >= 11 is 0. The van der Waals surface area contributed by atoms with Crippen molar-refractivity contribution < 1.29 is 28.6 Å². The SMILES string of the molecule is CCCCCCCC/C=C\CCCCCCCCCCCC(=O)OCC(COC(=O)CCCCCCCCCCCCCCC/C=C\CCCCCCCCCC)OC(=O)CCCCCCCCCCCCCCCCCCCCCCC. The van der Waals surface area contributed by atoms with Gasteiger partial charge in [-0.3, -0.25) is 14.4 Å². The first-order valence-electron chi connectivity index (χ1n) is 37.8. The maximum Gasteiger partial charge on any atom is 0.306 e. The molecular weight excluding hydrogens is 1020 g/mol. The Balaban J connectivity index is 4.28. The van der Waals surface area contributed by atoms with E-state index >= 15 is 0 Å². The second-order valence-electron chi connectivity index (χ2n) is 25.9. The third-order valence-corrected chi connectivity index (χ3v) is 17.4. The first-order chi connectivity index (χ1) is 41.0. The first kappa shape index (κ1) is 80.9. The molecule has 490 valence electrons. The van der Waals surface area contributed by atoms with Gasteiger partial charge in [-0.2, -0.15) is 0 Å². The molecule has 0 aromatic carbocycles. The molecular formula is C77H146O6. The molecule has 6 heteroatoms. The van der Waals surface area contributed by atoms with Gasteiger partial charge in [0, 0.05) is 19.3 Å². The minimum Gasteiger partial charge on any atom is -0.462 e. The Bertz CT molecular complexity index is 1340. The van der Waals surface area contributed by atoms with Crippen molar-refractivity contribution >= 4 is 17.9 Å². The molecule has 1 unspecified atom stereocenters. The lowest BCUT2D eigenvalue weighted by atomic mass is 10.0. The number of esters is 3. The summed E-state index contributed by atoms with van der Waals surface area (Å²) in [6, 6.07) is 0. The van der Waals surface area contributed by atoms with E-state index in [4.69, 9.17) is 14.2 Å². The number of rotatable bonds is 71. The van der Waals surface area contributed by atoms with Gasteiger partial charge in [-0.05, 0) is 70.6 Å². The van der Waals surface area contributed by atoms with Crippen molar-refractivity contribution in [1.82, 2.24) is 0 Å². The predicted molar refractivity (Wildman–Crippen MR) is 363 cm³/mol. The smallest absolute Gasteiger partial charge is 0.306 e. The van der Waals surface area contributed by atoms with Crippen LogP contribution in [0.2, 0.25) is 0 Å². The fraction of sp³-hybridized carbons (Fsp3) is 0.909. The van der Waals surface area contributed by atoms with Crippen LogP contribution >= 0.6 is 0 Å². The molecule has 0 radical (unpaired) electrons. The molecule has 1 atom stereocenters. The molecule has 0 rings (SSSR count). The minimum atomic E-state index is -0.770. The average Bonchev–Trinajstić information content (AvgIpc) is 3.49. The normalized spacial score (nSPS) is 12.1. The van der Waals surface area contributed by atoms with Gasteiger partial charge in [0.2, 0.25) is 0 Å². The van der Waals surface area contributed by atoms with Crippen molar-refractivity contribution in [2.24, 2.45) is 0 Å². The lowest BCUT2D eigenvalue weighted by Gasteiger charge is -2.18. The van der Waals surface area contributed by atoms with Crippen molar-refractivity contribution in [2.45, 2.75) is 438 Å². The number of ether oxygens (including phenoxy) is 3. The number of allylic oxidation sites excluding steroid dienone is 4. The van der Waals surface area contributed by atoms with Crippen molar-refractivity contribution in [3.05, 3.63) is 24.3 Å². The lowest BCUT2D eigenvalue weighted by Crippen LogP contribution is -2.30. The summed E-state index contributed by atoms with van der Waals surface area (Å²) in [6.07, 6.45) is 89.3. The zero-order valence-electron chi connectivity index (χ0n) is 56.5. The van der Waals surface area contributed by atoms with Crippen LogP contribution in [0, 0.1) is 0 Å². The maximum atomic E-state index is 13.0.